The van der Waals surface area contributed by atoms with Crippen LogP contribution in [0.1, 0.15) is 11.3 Å². The summed E-state index contributed by atoms with van der Waals surface area (Å²) in [6.07, 6.45) is 8.84. The Morgan fingerprint density at radius 2 is 1.81 bits per heavy atom. The molecule has 0 atom stereocenters. The first-order valence-electron chi connectivity index (χ1n) is 7.76. The maximum atomic E-state index is 12.6. The van der Waals surface area contributed by atoms with Gasteiger partial charge in [0.15, 0.2) is 5.65 Å². The number of benzene rings is 1. The number of aromatic nitrogens is 4. The van der Waals surface area contributed by atoms with E-state index in [1.807, 2.05) is 18.2 Å². The van der Waals surface area contributed by atoms with Crippen molar-refractivity contribution >= 4 is 41.0 Å². The summed E-state index contributed by atoms with van der Waals surface area (Å²) in [5.74, 6) is 0. The summed E-state index contributed by atoms with van der Waals surface area (Å²) < 4.78 is 3.13. The van der Waals surface area contributed by atoms with Crippen LogP contribution in [-0.2, 0) is 0 Å². The minimum atomic E-state index is -0.207. The van der Waals surface area contributed by atoms with Crippen LogP contribution in [0.5, 0.6) is 0 Å². The van der Waals surface area contributed by atoms with Crippen molar-refractivity contribution in [3.63, 3.8) is 0 Å². The third-order valence-corrected chi connectivity index (χ3v) is 4.20. The molecule has 0 spiro atoms. The van der Waals surface area contributed by atoms with E-state index >= 15 is 0 Å². The van der Waals surface area contributed by atoms with E-state index in [4.69, 9.17) is 23.2 Å². The van der Waals surface area contributed by atoms with E-state index < -0.39 is 0 Å². The second kappa shape index (κ2) is 6.78. The van der Waals surface area contributed by atoms with Gasteiger partial charge in [0, 0.05) is 40.8 Å². The lowest BCUT2D eigenvalue weighted by atomic mass is 10.2. The normalized spacial score (nSPS) is 11.5. The average molecular weight is 383 g/mol. The highest BCUT2D eigenvalue weighted by Crippen LogP contribution is 2.22. The lowest BCUT2D eigenvalue weighted by Crippen LogP contribution is -2.20. The van der Waals surface area contributed by atoms with Crippen LogP contribution >= 0.6 is 23.2 Å². The Morgan fingerprint density at radius 3 is 2.54 bits per heavy atom. The van der Waals surface area contributed by atoms with Gasteiger partial charge in [-0.1, -0.05) is 35.3 Å². The molecule has 1 aromatic carbocycles. The molecule has 3 heterocycles. The molecule has 7 heteroatoms. The fourth-order valence-electron chi connectivity index (χ4n) is 2.66. The molecule has 4 aromatic rings. The number of hydrogen-bond acceptors (Lipinski definition) is 3. The fourth-order valence-corrected chi connectivity index (χ4v) is 3.17. The molecule has 0 amide bonds. The molecule has 0 aliphatic rings. The van der Waals surface area contributed by atoms with Crippen molar-refractivity contribution < 1.29 is 0 Å². The summed E-state index contributed by atoms with van der Waals surface area (Å²) in [6.45, 7) is 0. The van der Waals surface area contributed by atoms with Gasteiger partial charge < -0.3 is 0 Å². The van der Waals surface area contributed by atoms with Crippen LogP contribution in [0.2, 0.25) is 10.0 Å². The Hall–Kier alpha value is -2.89. The molecule has 0 saturated heterocycles. The molecule has 5 nitrogen and oxygen atoms in total. The first kappa shape index (κ1) is 16.6. The van der Waals surface area contributed by atoms with E-state index in [0.717, 1.165) is 5.56 Å². The second-order valence-corrected chi connectivity index (χ2v) is 6.47. The Kier molecular flexibility index (Phi) is 4.32. The molecule has 0 aliphatic heterocycles. The molecule has 26 heavy (non-hydrogen) atoms. The lowest BCUT2D eigenvalue weighted by molar-refractivity contribution is 0.763. The van der Waals surface area contributed by atoms with Crippen LogP contribution < -0.4 is 5.56 Å². The van der Waals surface area contributed by atoms with Gasteiger partial charge in [-0.2, -0.15) is 4.52 Å². The zero-order valence-electron chi connectivity index (χ0n) is 13.4. The Balaban J connectivity index is 1.78. The fraction of sp³-hybridized carbons (Fsp3) is 0. The third-order valence-electron chi connectivity index (χ3n) is 3.76. The monoisotopic (exact) mass is 382 g/mol. The van der Waals surface area contributed by atoms with Gasteiger partial charge in [-0.15, -0.1) is 0 Å². The second-order valence-electron chi connectivity index (χ2n) is 5.60. The van der Waals surface area contributed by atoms with Crippen LogP contribution in [-0.4, -0.2) is 19.2 Å². The quantitative estimate of drug-likeness (QED) is 0.528. The molecule has 0 unspecified atom stereocenters. The van der Waals surface area contributed by atoms with Crippen LogP contribution in [0.15, 0.2) is 65.8 Å². The van der Waals surface area contributed by atoms with Crippen LogP contribution in [0.3, 0.4) is 0 Å². The molecule has 0 aliphatic carbocycles. The maximum Gasteiger partial charge on any atom is 0.273 e. The van der Waals surface area contributed by atoms with Gasteiger partial charge in [-0.3, -0.25) is 14.5 Å². The number of halogens is 2. The van der Waals surface area contributed by atoms with Crippen molar-refractivity contribution in [2.24, 2.45) is 0 Å². The van der Waals surface area contributed by atoms with Crippen molar-refractivity contribution in [1.29, 1.82) is 0 Å². The predicted octanol–water partition coefficient (Wildman–Crippen LogP) is 4.36. The van der Waals surface area contributed by atoms with Gasteiger partial charge in [-0.25, -0.2) is 4.98 Å². The number of fused-ring (bicyclic) bond motifs is 1. The van der Waals surface area contributed by atoms with Gasteiger partial charge in [0.25, 0.3) is 5.56 Å². The first-order valence-corrected chi connectivity index (χ1v) is 8.52. The van der Waals surface area contributed by atoms with Crippen LogP contribution in [0.4, 0.5) is 0 Å². The van der Waals surface area contributed by atoms with E-state index in [1.54, 1.807) is 53.6 Å². The zero-order valence-corrected chi connectivity index (χ0v) is 14.9. The summed E-state index contributed by atoms with van der Waals surface area (Å²) in [5, 5.41) is 0.984. The van der Waals surface area contributed by atoms with E-state index in [0.29, 0.717) is 27.1 Å². The van der Waals surface area contributed by atoms with E-state index in [2.05, 4.69) is 9.97 Å². The van der Waals surface area contributed by atoms with Gasteiger partial charge in [0.2, 0.25) is 0 Å². The van der Waals surface area contributed by atoms with Crippen molar-refractivity contribution in [2.45, 2.75) is 0 Å². The minimum absolute atomic E-state index is 0.207. The number of hydrogen-bond donors (Lipinski definition) is 0. The average Bonchev–Trinajstić information content (AvgIpc) is 3.05. The van der Waals surface area contributed by atoms with E-state index in [-0.39, 0.29) is 5.56 Å². The zero-order chi connectivity index (χ0) is 18.1. The summed E-state index contributed by atoms with van der Waals surface area (Å²) in [6, 6.07) is 12.1. The van der Waals surface area contributed by atoms with Gasteiger partial charge >= 0.3 is 0 Å². The topological polar surface area (TPSA) is 52.2 Å². The van der Waals surface area contributed by atoms with Gasteiger partial charge in [0.05, 0.1) is 11.4 Å². The van der Waals surface area contributed by atoms with Crippen molar-refractivity contribution in [2.75, 3.05) is 0 Å². The van der Waals surface area contributed by atoms with Crippen molar-refractivity contribution in [3.05, 3.63) is 92.7 Å². The first-order chi connectivity index (χ1) is 12.6. The van der Waals surface area contributed by atoms with Gasteiger partial charge in [-0.05, 0) is 35.9 Å². The van der Waals surface area contributed by atoms with Crippen molar-refractivity contribution in [3.8, 4) is 5.69 Å². The summed E-state index contributed by atoms with van der Waals surface area (Å²) in [7, 11) is 0. The Labute approximate surface area is 158 Å². The SMILES string of the molecule is O=c1cc(/C=C/c2cccnc2)nc2ccn(-c3cc(Cl)cc(Cl)c3)n12. The third kappa shape index (κ3) is 3.27. The summed E-state index contributed by atoms with van der Waals surface area (Å²) >= 11 is 12.1. The summed E-state index contributed by atoms with van der Waals surface area (Å²) in [4.78, 5) is 21.2. The molecule has 0 saturated carbocycles. The minimum Gasteiger partial charge on any atom is -0.267 e. The molecule has 3 aromatic heterocycles. The highest BCUT2D eigenvalue weighted by Gasteiger charge is 2.08. The Bertz CT molecular complexity index is 1160. The standard InChI is InChI=1S/C19H12Cl2N4O/c20-14-8-15(21)10-17(9-14)24-7-5-18-23-16(11-19(26)25(18)24)4-3-13-2-1-6-22-12-13/h1-12H/b4-3+. The highest BCUT2D eigenvalue weighted by molar-refractivity contribution is 6.34. The predicted molar refractivity (Wildman–Crippen MR) is 104 cm³/mol. The number of pyridine rings is 1. The molecule has 0 bridgehead atoms. The lowest BCUT2D eigenvalue weighted by Gasteiger charge is -2.08. The molecule has 4 rings (SSSR count). The Morgan fingerprint density at radius 1 is 1.00 bits per heavy atom. The number of nitrogens with zero attached hydrogens (tertiary/aromatic N) is 4. The van der Waals surface area contributed by atoms with Crippen molar-refractivity contribution in [1.82, 2.24) is 19.2 Å². The molecule has 0 fully saturated rings. The molecule has 0 radical (unpaired) electrons. The van der Waals surface area contributed by atoms with E-state index in [9.17, 15) is 4.79 Å². The maximum absolute atomic E-state index is 12.6. The molecule has 0 N–H and O–H groups in total. The highest BCUT2D eigenvalue weighted by atomic mass is 35.5. The molecule has 128 valence electrons. The largest absolute Gasteiger partial charge is 0.273 e. The van der Waals surface area contributed by atoms with Crippen LogP contribution in [0.25, 0.3) is 23.5 Å². The van der Waals surface area contributed by atoms with E-state index in [1.165, 1.54) is 10.6 Å². The van der Waals surface area contributed by atoms with Gasteiger partial charge in [0.1, 0.15) is 0 Å². The molecular weight excluding hydrogens is 371 g/mol. The number of rotatable bonds is 3. The molecular formula is C19H12Cl2N4O. The summed E-state index contributed by atoms with van der Waals surface area (Å²) in [5.41, 5.74) is 2.50. The smallest absolute Gasteiger partial charge is 0.267 e. The van der Waals surface area contributed by atoms with Crippen LogP contribution in [0, 0.1) is 0 Å².